The number of nitrogens with one attached hydrogen (secondary N) is 1. The van der Waals surface area contributed by atoms with E-state index in [0.717, 1.165) is 47.0 Å². The van der Waals surface area contributed by atoms with Gasteiger partial charge in [0.05, 0.1) is 0 Å². The van der Waals surface area contributed by atoms with Crippen LogP contribution in [0.1, 0.15) is 81.6 Å². The summed E-state index contributed by atoms with van der Waals surface area (Å²) in [5.74, 6) is 0.230. The predicted octanol–water partition coefficient (Wildman–Crippen LogP) is 2.44. The van der Waals surface area contributed by atoms with E-state index in [1.54, 1.807) is 6.08 Å². The monoisotopic (exact) mass is 526 g/mol. The van der Waals surface area contributed by atoms with Crippen LogP contribution in [-0.2, 0) is 4.79 Å². The molecule has 0 atom stereocenters. The van der Waals surface area contributed by atoms with E-state index in [1.807, 2.05) is 59.6 Å². The van der Waals surface area contributed by atoms with E-state index >= 15 is 0 Å². The summed E-state index contributed by atoms with van der Waals surface area (Å²) >= 11 is -0.273. The van der Waals surface area contributed by atoms with Crippen LogP contribution < -0.4 is 26.5 Å². The minimum atomic E-state index is -0.421. The molecule has 0 saturated heterocycles. The Hall–Kier alpha value is -0.500. The first-order valence-electron chi connectivity index (χ1n) is 11.0. The predicted molar refractivity (Wildman–Crippen MR) is 122 cm³/mol. The molecule has 0 bridgehead atoms. The van der Waals surface area contributed by atoms with E-state index in [1.165, 1.54) is 0 Å². The molecule has 0 aliphatic heterocycles. The Bertz CT molecular complexity index is 485. The molecule has 0 saturated carbocycles. The quantitative estimate of drug-likeness (QED) is 0.132. The molecular weight excluding hydrogens is 480 g/mol. The number of rotatable bonds is 13. The van der Waals surface area contributed by atoms with Crippen molar-refractivity contribution in [1.82, 2.24) is 10.2 Å². The van der Waals surface area contributed by atoms with E-state index in [-0.39, 0.29) is 38.1 Å². The standard InChI is InChI=1S/C21H40FIN3O.C2H6/c1-8-24-16-18(12-14-22)23-17-25-21(6,7)13-10-11-15-26(9-2)19(27)20(3,4)5;1-2/h12,16,25H,8-11,13-15,17H2,1-7H3;1-2H3/q-1;/b18-12+,24-16?;. The van der Waals surface area contributed by atoms with Crippen molar-refractivity contribution in [2.24, 2.45) is 10.4 Å². The number of unbranched alkanes of at least 4 members (excludes halogenated alkanes) is 1. The van der Waals surface area contributed by atoms with Gasteiger partial charge in [-0.2, -0.15) is 0 Å². The fourth-order valence-corrected chi connectivity index (χ4v) is 5.06. The molecule has 0 unspecified atom stereocenters. The first-order valence-corrected chi connectivity index (χ1v) is 13.6. The van der Waals surface area contributed by atoms with Gasteiger partial charge in [-0.3, -0.25) is 0 Å². The number of carbonyl (C=O) groups excluding carboxylic acids is 1. The Morgan fingerprint density at radius 1 is 1.14 bits per heavy atom. The molecule has 0 aromatic rings. The second-order valence-electron chi connectivity index (χ2n) is 8.29. The Morgan fingerprint density at radius 2 is 1.76 bits per heavy atom. The van der Waals surface area contributed by atoms with Gasteiger partial charge in [0, 0.05) is 0 Å². The molecule has 6 heteroatoms. The molecule has 0 aromatic carbocycles. The molecule has 0 aliphatic rings. The topological polar surface area (TPSA) is 44.7 Å². The summed E-state index contributed by atoms with van der Waals surface area (Å²) in [4.78, 5) is 18.6. The van der Waals surface area contributed by atoms with E-state index in [2.05, 4.69) is 24.2 Å². The van der Waals surface area contributed by atoms with Gasteiger partial charge in [0.15, 0.2) is 0 Å². The minimum absolute atomic E-state index is 0.0491. The van der Waals surface area contributed by atoms with Crippen LogP contribution in [0.3, 0.4) is 0 Å². The van der Waals surface area contributed by atoms with Crippen LogP contribution in [0.4, 0.5) is 4.39 Å². The number of nitrogens with zero attached hydrogens (tertiary/aromatic N) is 2. The molecule has 174 valence electrons. The van der Waals surface area contributed by atoms with Crippen molar-refractivity contribution in [3.63, 3.8) is 0 Å². The molecule has 0 aliphatic carbocycles. The number of halogens is 2. The van der Waals surface area contributed by atoms with Crippen LogP contribution >= 0.6 is 0 Å². The summed E-state index contributed by atoms with van der Waals surface area (Å²) < 4.78 is 14.6. The van der Waals surface area contributed by atoms with Gasteiger partial charge in [0.1, 0.15) is 0 Å². The van der Waals surface area contributed by atoms with Crippen LogP contribution in [0.5, 0.6) is 0 Å². The SMILES string of the molecule is CC.CCN=C/C(=C\CF)[I-]CNC(C)(C)CCCCN(CC)C(=O)C(C)(C)C. The van der Waals surface area contributed by atoms with Gasteiger partial charge in [0.25, 0.3) is 0 Å². The fourth-order valence-electron chi connectivity index (χ4n) is 2.52. The summed E-state index contributed by atoms with van der Waals surface area (Å²) in [5.41, 5.74) is -0.264. The second kappa shape index (κ2) is 17.2. The van der Waals surface area contributed by atoms with Gasteiger partial charge in [0.2, 0.25) is 0 Å². The number of aliphatic imine (C=N–C) groups is 1. The van der Waals surface area contributed by atoms with Gasteiger partial charge in [-0.05, 0) is 0 Å². The van der Waals surface area contributed by atoms with Crippen LogP contribution in [0, 0.1) is 5.41 Å². The molecule has 4 nitrogen and oxygen atoms in total. The van der Waals surface area contributed by atoms with Gasteiger partial charge in [-0.1, -0.05) is 13.8 Å². The maximum atomic E-state index is 12.6. The summed E-state index contributed by atoms with van der Waals surface area (Å²) in [6.45, 7) is 20.3. The number of allylic oxidation sites excluding steroid dienone is 2. The average molecular weight is 527 g/mol. The second-order valence-corrected chi connectivity index (χ2v) is 11.1. The normalized spacial score (nSPS) is 12.8. The van der Waals surface area contributed by atoms with Crippen LogP contribution in [-0.4, -0.2) is 53.4 Å². The summed E-state index contributed by atoms with van der Waals surface area (Å²) in [5, 5.41) is 3.62. The Kier molecular flexibility index (Phi) is 18.2. The van der Waals surface area contributed by atoms with Crippen molar-refractivity contribution >= 4 is 12.1 Å². The molecule has 0 spiro atoms. The van der Waals surface area contributed by atoms with E-state index in [4.69, 9.17) is 0 Å². The van der Waals surface area contributed by atoms with Crippen molar-refractivity contribution in [3.8, 4) is 0 Å². The molecular formula is C23H46FIN3O-. The van der Waals surface area contributed by atoms with E-state index in [0.29, 0.717) is 0 Å². The van der Waals surface area contributed by atoms with Gasteiger partial charge < -0.3 is 0 Å². The van der Waals surface area contributed by atoms with E-state index in [9.17, 15) is 9.18 Å². The van der Waals surface area contributed by atoms with Crippen LogP contribution in [0.2, 0.25) is 0 Å². The third kappa shape index (κ3) is 15.9. The number of alkyl halides is 2. The summed E-state index contributed by atoms with van der Waals surface area (Å²) in [7, 11) is 0. The first kappa shape index (κ1) is 30.7. The van der Waals surface area contributed by atoms with Gasteiger partial charge >= 0.3 is 177 Å². The molecule has 0 fully saturated rings. The molecule has 0 heterocycles. The van der Waals surface area contributed by atoms with Crippen molar-refractivity contribution in [3.05, 3.63) is 9.66 Å². The Labute approximate surface area is 190 Å². The van der Waals surface area contributed by atoms with Crippen molar-refractivity contribution < 1.29 is 30.4 Å². The third-order valence-electron chi connectivity index (χ3n) is 4.23. The van der Waals surface area contributed by atoms with E-state index < -0.39 is 6.67 Å². The number of hydrogen-bond donors (Lipinski definition) is 1. The van der Waals surface area contributed by atoms with Crippen molar-refractivity contribution in [1.29, 1.82) is 0 Å². The van der Waals surface area contributed by atoms with Crippen molar-refractivity contribution in [2.75, 3.05) is 30.9 Å². The van der Waals surface area contributed by atoms with Crippen LogP contribution in [0.25, 0.3) is 0 Å². The average Bonchev–Trinajstić information content (AvgIpc) is 2.66. The zero-order chi connectivity index (χ0) is 22.9. The number of amides is 1. The van der Waals surface area contributed by atoms with Crippen LogP contribution in [0.15, 0.2) is 14.6 Å². The maximum absolute atomic E-state index is 12.6. The summed E-state index contributed by atoms with van der Waals surface area (Å²) in [6, 6.07) is 0. The first-order chi connectivity index (χ1) is 13.6. The molecule has 0 aromatic heterocycles. The number of hydrogen-bond acceptors (Lipinski definition) is 3. The van der Waals surface area contributed by atoms with Gasteiger partial charge in [-0.15, -0.1) is 0 Å². The third-order valence-corrected chi connectivity index (χ3v) is 6.59. The molecule has 29 heavy (non-hydrogen) atoms. The molecule has 0 rings (SSSR count). The Morgan fingerprint density at radius 3 is 2.24 bits per heavy atom. The molecule has 1 amide bonds. The number of carbonyl (C=O) groups is 1. The Balaban J connectivity index is 0. The zero-order valence-corrected chi connectivity index (χ0v) is 22.5. The molecule has 0 radical (unpaired) electrons. The zero-order valence-electron chi connectivity index (χ0n) is 20.4. The fraction of sp³-hybridized carbons (Fsp3) is 0.826. The molecule has 1 N–H and O–H groups in total. The van der Waals surface area contributed by atoms with Gasteiger partial charge in [-0.25, -0.2) is 0 Å². The van der Waals surface area contributed by atoms with Crippen molar-refractivity contribution in [2.45, 2.75) is 87.1 Å². The summed E-state index contributed by atoms with van der Waals surface area (Å²) in [6.07, 6.45) is 6.63.